The minimum Gasteiger partial charge on any atom is -0.352 e. The lowest BCUT2D eigenvalue weighted by Gasteiger charge is -2.29. The van der Waals surface area contributed by atoms with Gasteiger partial charge in [-0.1, -0.05) is 30.5 Å². The first-order valence-electron chi connectivity index (χ1n) is 7.65. The molecular weight excluding hydrogens is 300 g/mol. The van der Waals surface area contributed by atoms with E-state index in [4.69, 9.17) is 0 Å². The van der Waals surface area contributed by atoms with Gasteiger partial charge in [-0.15, -0.1) is 0 Å². The third-order valence-electron chi connectivity index (χ3n) is 4.08. The van der Waals surface area contributed by atoms with Gasteiger partial charge in [-0.3, -0.25) is 9.10 Å². The van der Waals surface area contributed by atoms with Gasteiger partial charge in [0.25, 0.3) is 0 Å². The molecule has 122 valence electrons. The smallest absolute Gasteiger partial charge is 0.243 e. The highest BCUT2D eigenvalue weighted by Gasteiger charge is 2.30. The van der Waals surface area contributed by atoms with Crippen molar-refractivity contribution in [1.82, 2.24) is 5.32 Å². The third-order valence-corrected chi connectivity index (χ3v) is 5.32. The molecule has 1 aromatic rings. The summed E-state index contributed by atoms with van der Waals surface area (Å²) in [4.78, 5) is 12.4. The van der Waals surface area contributed by atoms with Crippen molar-refractivity contribution in [2.24, 2.45) is 0 Å². The van der Waals surface area contributed by atoms with Gasteiger partial charge in [0, 0.05) is 6.04 Å². The van der Waals surface area contributed by atoms with Crippen molar-refractivity contribution in [3.05, 3.63) is 29.8 Å². The van der Waals surface area contributed by atoms with Crippen LogP contribution < -0.4 is 9.62 Å². The highest BCUT2D eigenvalue weighted by atomic mass is 32.2. The van der Waals surface area contributed by atoms with Crippen LogP contribution in [0.25, 0.3) is 0 Å². The van der Waals surface area contributed by atoms with E-state index in [9.17, 15) is 13.2 Å². The molecule has 1 unspecified atom stereocenters. The van der Waals surface area contributed by atoms with E-state index in [0.717, 1.165) is 37.5 Å². The molecule has 6 heteroatoms. The van der Waals surface area contributed by atoms with Crippen LogP contribution in [-0.2, 0) is 14.8 Å². The molecule has 1 amide bonds. The molecule has 5 nitrogen and oxygen atoms in total. The van der Waals surface area contributed by atoms with E-state index < -0.39 is 16.1 Å². The Kier molecular flexibility index (Phi) is 5.11. The Morgan fingerprint density at radius 3 is 2.27 bits per heavy atom. The van der Waals surface area contributed by atoms with Crippen LogP contribution in [0, 0.1) is 6.92 Å². The summed E-state index contributed by atoms with van der Waals surface area (Å²) in [5.74, 6) is -0.238. The second-order valence-electron chi connectivity index (χ2n) is 6.06. The summed E-state index contributed by atoms with van der Waals surface area (Å²) in [6.45, 7) is 3.57. The van der Waals surface area contributed by atoms with E-state index >= 15 is 0 Å². The summed E-state index contributed by atoms with van der Waals surface area (Å²) in [5, 5.41) is 2.97. The molecule has 0 heterocycles. The number of aryl methyl sites for hydroxylation is 1. The van der Waals surface area contributed by atoms with Gasteiger partial charge in [0.1, 0.15) is 6.04 Å². The molecule has 0 saturated heterocycles. The second kappa shape index (κ2) is 6.69. The van der Waals surface area contributed by atoms with Crippen LogP contribution in [0.3, 0.4) is 0 Å². The zero-order chi connectivity index (χ0) is 16.3. The van der Waals surface area contributed by atoms with E-state index in [0.29, 0.717) is 5.69 Å². The number of benzene rings is 1. The first-order chi connectivity index (χ1) is 10.3. The molecule has 0 aliphatic heterocycles. The molecule has 0 bridgehead atoms. The molecule has 1 fully saturated rings. The van der Waals surface area contributed by atoms with Crippen molar-refractivity contribution in [3.63, 3.8) is 0 Å². The van der Waals surface area contributed by atoms with Crippen molar-refractivity contribution >= 4 is 21.6 Å². The minimum absolute atomic E-state index is 0.175. The maximum atomic E-state index is 12.4. The van der Waals surface area contributed by atoms with Crippen LogP contribution in [0.2, 0.25) is 0 Å². The van der Waals surface area contributed by atoms with Gasteiger partial charge in [-0.05, 0) is 38.8 Å². The predicted molar refractivity (Wildman–Crippen MR) is 88.4 cm³/mol. The van der Waals surface area contributed by atoms with Crippen LogP contribution in [0.4, 0.5) is 5.69 Å². The number of hydrogen-bond donors (Lipinski definition) is 1. The minimum atomic E-state index is -3.54. The lowest BCUT2D eigenvalue weighted by molar-refractivity contribution is -0.122. The standard InChI is InChI=1S/C16H24N2O3S/c1-12-8-10-15(11-9-12)18(22(3,20)21)13(2)16(19)17-14-6-4-5-7-14/h8-11,13-14H,4-7H2,1-3H3,(H,17,19). The summed E-state index contributed by atoms with van der Waals surface area (Å²) in [6, 6.07) is 6.56. The largest absolute Gasteiger partial charge is 0.352 e. The fourth-order valence-electron chi connectivity index (χ4n) is 2.89. The highest BCUT2D eigenvalue weighted by molar-refractivity contribution is 7.92. The lowest BCUT2D eigenvalue weighted by atomic mass is 10.2. The third kappa shape index (κ3) is 4.00. The van der Waals surface area contributed by atoms with Crippen molar-refractivity contribution in [2.45, 2.75) is 51.6 Å². The van der Waals surface area contributed by atoms with Gasteiger partial charge in [0.2, 0.25) is 15.9 Å². The first-order valence-corrected chi connectivity index (χ1v) is 9.50. The topological polar surface area (TPSA) is 66.5 Å². The van der Waals surface area contributed by atoms with Crippen molar-refractivity contribution in [2.75, 3.05) is 10.6 Å². The van der Waals surface area contributed by atoms with Gasteiger partial charge in [-0.2, -0.15) is 0 Å². The average molecular weight is 324 g/mol. The van der Waals surface area contributed by atoms with Gasteiger partial charge in [0.05, 0.1) is 11.9 Å². The monoisotopic (exact) mass is 324 g/mol. The second-order valence-corrected chi connectivity index (χ2v) is 7.92. The molecule has 1 atom stereocenters. The molecule has 0 spiro atoms. The molecule has 1 aliphatic rings. The Labute approximate surface area is 132 Å². The number of amides is 1. The predicted octanol–water partition coefficient (Wildman–Crippen LogP) is 2.21. The van der Waals surface area contributed by atoms with Crippen LogP contribution in [0.5, 0.6) is 0 Å². The quantitative estimate of drug-likeness (QED) is 0.903. The van der Waals surface area contributed by atoms with Crippen LogP contribution in [-0.4, -0.2) is 32.7 Å². The highest BCUT2D eigenvalue weighted by Crippen LogP contribution is 2.22. The molecule has 0 radical (unpaired) electrons. The molecule has 1 N–H and O–H groups in total. The number of carbonyl (C=O) groups is 1. The van der Waals surface area contributed by atoms with Crippen molar-refractivity contribution < 1.29 is 13.2 Å². The Morgan fingerprint density at radius 2 is 1.77 bits per heavy atom. The van der Waals surface area contributed by atoms with E-state index in [1.807, 2.05) is 19.1 Å². The van der Waals surface area contributed by atoms with E-state index in [-0.39, 0.29) is 11.9 Å². The van der Waals surface area contributed by atoms with Crippen LogP contribution in [0.1, 0.15) is 38.2 Å². The van der Waals surface area contributed by atoms with E-state index in [1.165, 1.54) is 4.31 Å². The summed E-state index contributed by atoms with van der Waals surface area (Å²) in [7, 11) is -3.54. The SMILES string of the molecule is Cc1ccc(N(C(C)C(=O)NC2CCCC2)S(C)(=O)=O)cc1. The number of carbonyl (C=O) groups excluding carboxylic acids is 1. The maximum Gasteiger partial charge on any atom is 0.243 e. The normalized spacial score (nSPS) is 17.2. The molecule has 1 aliphatic carbocycles. The van der Waals surface area contributed by atoms with Gasteiger partial charge in [-0.25, -0.2) is 8.42 Å². The van der Waals surface area contributed by atoms with Crippen LogP contribution >= 0.6 is 0 Å². The molecular formula is C16H24N2O3S. The van der Waals surface area contributed by atoms with E-state index in [2.05, 4.69) is 5.32 Å². The molecule has 2 rings (SSSR count). The molecule has 1 aromatic carbocycles. The fraction of sp³-hybridized carbons (Fsp3) is 0.562. The Bertz CT molecular complexity index is 619. The molecule has 22 heavy (non-hydrogen) atoms. The number of rotatable bonds is 5. The van der Waals surface area contributed by atoms with Gasteiger partial charge >= 0.3 is 0 Å². The zero-order valence-electron chi connectivity index (χ0n) is 13.4. The summed E-state index contributed by atoms with van der Waals surface area (Å²) < 4.78 is 25.5. The van der Waals surface area contributed by atoms with Crippen LogP contribution in [0.15, 0.2) is 24.3 Å². The fourth-order valence-corrected chi connectivity index (χ4v) is 4.07. The van der Waals surface area contributed by atoms with Crippen molar-refractivity contribution in [1.29, 1.82) is 0 Å². The number of sulfonamides is 1. The summed E-state index contributed by atoms with van der Waals surface area (Å²) in [6.07, 6.45) is 5.32. The number of nitrogens with one attached hydrogen (secondary N) is 1. The van der Waals surface area contributed by atoms with Gasteiger partial charge < -0.3 is 5.32 Å². The van der Waals surface area contributed by atoms with E-state index in [1.54, 1.807) is 19.1 Å². The average Bonchev–Trinajstić information content (AvgIpc) is 2.92. The number of nitrogens with zero attached hydrogens (tertiary/aromatic N) is 1. The summed E-state index contributed by atoms with van der Waals surface area (Å²) in [5.41, 5.74) is 1.56. The van der Waals surface area contributed by atoms with Gasteiger partial charge in [0.15, 0.2) is 0 Å². The number of hydrogen-bond acceptors (Lipinski definition) is 3. The number of anilines is 1. The molecule has 1 saturated carbocycles. The Balaban J connectivity index is 2.21. The molecule has 0 aromatic heterocycles. The maximum absolute atomic E-state index is 12.4. The van der Waals surface area contributed by atoms with Crippen molar-refractivity contribution in [3.8, 4) is 0 Å². The Morgan fingerprint density at radius 1 is 1.23 bits per heavy atom. The zero-order valence-corrected chi connectivity index (χ0v) is 14.2. The first kappa shape index (κ1) is 16.8. The lowest BCUT2D eigenvalue weighted by Crippen LogP contribution is -2.49. The summed E-state index contributed by atoms with van der Waals surface area (Å²) >= 11 is 0. The Hall–Kier alpha value is -1.56.